The lowest BCUT2D eigenvalue weighted by atomic mass is 10.1. The molecule has 168 valence electrons. The number of amides is 2. The summed E-state index contributed by atoms with van der Waals surface area (Å²) in [7, 11) is 0. The molecule has 2 amide bonds. The normalized spacial score (nSPS) is 11.2. The zero-order valence-corrected chi connectivity index (χ0v) is 18.2. The lowest BCUT2D eigenvalue weighted by molar-refractivity contribution is -0.137. The highest BCUT2D eigenvalue weighted by atomic mass is 35.5. The van der Waals surface area contributed by atoms with Gasteiger partial charge in [-0.3, -0.25) is 9.59 Å². The van der Waals surface area contributed by atoms with Crippen molar-refractivity contribution in [2.24, 2.45) is 0 Å². The van der Waals surface area contributed by atoms with E-state index in [1.54, 1.807) is 29.6 Å². The van der Waals surface area contributed by atoms with Crippen molar-refractivity contribution in [3.8, 4) is 5.75 Å². The van der Waals surface area contributed by atoms with Crippen LogP contribution < -0.4 is 15.4 Å². The van der Waals surface area contributed by atoms with E-state index in [9.17, 15) is 22.8 Å². The summed E-state index contributed by atoms with van der Waals surface area (Å²) in [6, 6.07) is 9.93. The smallest absolute Gasteiger partial charge is 0.418 e. The van der Waals surface area contributed by atoms with Gasteiger partial charge >= 0.3 is 6.18 Å². The fourth-order valence-corrected chi connectivity index (χ4v) is 3.53. The number of halogens is 4. The summed E-state index contributed by atoms with van der Waals surface area (Å²) in [4.78, 5) is 27.7. The number of hydrogen-bond acceptors (Lipinski definition) is 5. The van der Waals surface area contributed by atoms with E-state index >= 15 is 0 Å². The molecule has 2 aromatic carbocycles. The summed E-state index contributed by atoms with van der Waals surface area (Å²) in [6.07, 6.45) is -4.92. The topological polar surface area (TPSA) is 80.3 Å². The first kappa shape index (κ1) is 23.6. The minimum Gasteiger partial charge on any atom is -0.486 e. The molecule has 0 atom stereocenters. The summed E-state index contributed by atoms with van der Waals surface area (Å²) in [5.41, 5.74) is -1.08. The number of benzene rings is 2. The maximum Gasteiger partial charge on any atom is 0.418 e. The molecule has 11 heteroatoms. The highest BCUT2D eigenvalue weighted by Crippen LogP contribution is 2.36. The van der Waals surface area contributed by atoms with E-state index in [0.29, 0.717) is 21.5 Å². The van der Waals surface area contributed by atoms with Crippen LogP contribution in [-0.2, 0) is 28.8 Å². The molecule has 32 heavy (non-hydrogen) atoms. The van der Waals surface area contributed by atoms with Gasteiger partial charge in [-0.05, 0) is 42.5 Å². The van der Waals surface area contributed by atoms with E-state index in [4.69, 9.17) is 16.3 Å². The van der Waals surface area contributed by atoms with Crippen molar-refractivity contribution >= 4 is 46.1 Å². The highest BCUT2D eigenvalue weighted by molar-refractivity contribution is 7.09. The highest BCUT2D eigenvalue weighted by Gasteiger charge is 2.34. The third kappa shape index (κ3) is 6.69. The number of hydrogen-bond donors (Lipinski definition) is 2. The first-order valence-corrected chi connectivity index (χ1v) is 10.5. The van der Waals surface area contributed by atoms with Crippen LogP contribution in [-0.4, -0.2) is 16.8 Å². The maximum atomic E-state index is 13.4. The second-order valence-electron chi connectivity index (χ2n) is 6.64. The van der Waals surface area contributed by atoms with Gasteiger partial charge in [0, 0.05) is 23.0 Å². The number of carbonyl (C=O) groups excluding carboxylic acids is 2. The van der Waals surface area contributed by atoms with Gasteiger partial charge in [-0.25, -0.2) is 4.98 Å². The number of thiazole rings is 1. The number of rotatable bonds is 7. The maximum absolute atomic E-state index is 13.4. The van der Waals surface area contributed by atoms with Crippen molar-refractivity contribution in [1.82, 2.24) is 4.98 Å². The molecule has 6 nitrogen and oxygen atoms in total. The van der Waals surface area contributed by atoms with E-state index in [2.05, 4.69) is 15.6 Å². The Morgan fingerprint density at radius 1 is 1.12 bits per heavy atom. The van der Waals surface area contributed by atoms with Gasteiger partial charge in [-0.1, -0.05) is 11.6 Å². The molecule has 0 aliphatic rings. The molecule has 2 N–H and O–H groups in total. The Morgan fingerprint density at radius 2 is 1.84 bits per heavy atom. The molecule has 0 spiro atoms. The first-order chi connectivity index (χ1) is 15.1. The van der Waals surface area contributed by atoms with Gasteiger partial charge < -0.3 is 15.4 Å². The van der Waals surface area contributed by atoms with Gasteiger partial charge in [0.1, 0.15) is 17.4 Å². The average Bonchev–Trinajstić information content (AvgIpc) is 3.14. The standard InChI is InChI=1S/C21H17ClF3N3O3S/c1-12(29)26-14-4-7-18(17(8-14)21(23,24)25)28-19(30)9-15-11-32-20(27-15)10-31-16-5-2-13(22)3-6-16/h2-8,11H,9-10H2,1H3,(H,26,29)(H,28,30). The van der Waals surface area contributed by atoms with Crippen LogP contribution in [0.5, 0.6) is 5.75 Å². The number of carbonyl (C=O) groups is 2. The number of nitrogens with zero attached hydrogens (tertiary/aromatic N) is 1. The third-order valence-electron chi connectivity index (χ3n) is 4.04. The SMILES string of the molecule is CC(=O)Nc1ccc(NC(=O)Cc2csc(COc3ccc(Cl)cc3)n2)c(C(F)(F)F)c1. The van der Waals surface area contributed by atoms with Crippen molar-refractivity contribution in [1.29, 1.82) is 0 Å². The average molecular weight is 484 g/mol. The van der Waals surface area contributed by atoms with Crippen molar-refractivity contribution in [3.05, 3.63) is 69.1 Å². The second-order valence-corrected chi connectivity index (χ2v) is 8.02. The minimum absolute atomic E-state index is 0.0207. The monoisotopic (exact) mass is 483 g/mol. The molecule has 3 aromatic rings. The van der Waals surface area contributed by atoms with E-state index in [1.807, 2.05) is 0 Å². The summed E-state index contributed by atoms with van der Waals surface area (Å²) >= 11 is 7.09. The number of anilines is 2. The summed E-state index contributed by atoms with van der Waals surface area (Å²) in [5, 5.41) is 7.39. The van der Waals surface area contributed by atoms with Gasteiger partial charge in [0.05, 0.1) is 23.4 Å². The van der Waals surface area contributed by atoms with E-state index in [0.717, 1.165) is 12.1 Å². The molecule has 0 aliphatic carbocycles. The molecule has 0 saturated heterocycles. The van der Waals surface area contributed by atoms with Crippen LogP contribution in [0.2, 0.25) is 5.02 Å². The van der Waals surface area contributed by atoms with Crippen LogP contribution in [0.1, 0.15) is 23.2 Å². The fraction of sp³-hybridized carbons (Fsp3) is 0.190. The molecule has 0 saturated carbocycles. The Balaban J connectivity index is 1.63. The number of aromatic nitrogens is 1. The van der Waals surface area contributed by atoms with E-state index in [1.165, 1.54) is 24.3 Å². The van der Waals surface area contributed by atoms with E-state index < -0.39 is 29.2 Å². The Labute approximate surface area is 190 Å². The molecule has 0 bridgehead atoms. The fourth-order valence-electron chi connectivity index (χ4n) is 2.70. The van der Waals surface area contributed by atoms with Crippen molar-refractivity contribution in [3.63, 3.8) is 0 Å². The second kappa shape index (κ2) is 10.0. The molecular formula is C21H17ClF3N3O3S. The summed E-state index contributed by atoms with van der Waals surface area (Å²) in [6.45, 7) is 1.36. The van der Waals surface area contributed by atoms with Gasteiger partial charge in [-0.2, -0.15) is 13.2 Å². The Hall–Kier alpha value is -3.11. The van der Waals surface area contributed by atoms with Gasteiger partial charge in [0.15, 0.2) is 0 Å². The van der Waals surface area contributed by atoms with Gasteiger partial charge in [-0.15, -0.1) is 11.3 Å². The Morgan fingerprint density at radius 3 is 2.50 bits per heavy atom. The lowest BCUT2D eigenvalue weighted by Crippen LogP contribution is -2.19. The lowest BCUT2D eigenvalue weighted by Gasteiger charge is -2.15. The zero-order chi connectivity index (χ0) is 23.3. The summed E-state index contributed by atoms with van der Waals surface area (Å²) < 4.78 is 45.8. The molecule has 0 aliphatic heterocycles. The molecule has 0 fully saturated rings. The minimum atomic E-state index is -4.72. The van der Waals surface area contributed by atoms with Gasteiger partial charge in [0.25, 0.3) is 0 Å². The van der Waals surface area contributed by atoms with Crippen LogP contribution in [0, 0.1) is 0 Å². The van der Waals surface area contributed by atoms with Crippen LogP contribution in [0.3, 0.4) is 0 Å². The molecule has 0 radical (unpaired) electrons. The predicted octanol–water partition coefficient (Wildman–Crippen LogP) is 5.53. The van der Waals surface area contributed by atoms with Crippen LogP contribution in [0.15, 0.2) is 47.8 Å². The largest absolute Gasteiger partial charge is 0.486 e. The Bertz CT molecular complexity index is 1120. The molecule has 0 unspecified atom stereocenters. The Kier molecular flexibility index (Phi) is 7.37. The summed E-state index contributed by atoms with van der Waals surface area (Å²) in [5.74, 6) is -0.557. The van der Waals surface area contributed by atoms with Crippen LogP contribution in [0.25, 0.3) is 0 Å². The molecular weight excluding hydrogens is 467 g/mol. The number of ether oxygens (including phenoxy) is 1. The van der Waals surface area contributed by atoms with Crippen LogP contribution in [0.4, 0.5) is 24.5 Å². The molecule has 1 aromatic heterocycles. The molecule has 3 rings (SSSR count). The quantitative estimate of drug-likeness (QED) is 0.463. The predicted molar refractivity (Wildman–Crippen MR) is 116 cm³/mol. The van der Waals surface area contributed by atoms with E-state index in [-0.39, 0.29) is 18.7 Å². The number of nitrogens with one attached hydrogen (secondary N) is 2. The third-order valence-corrected chi connectivity index (χ3v) is 5.16. The first-order valence-electron chi connectivity index (χ1n) is 9.20. The van der Waals surface area contributed by atoms with Crippen molar-refractivity contribution in [2.75, 3.05) is 10.6 Å². The van der Waals surface area contributed by atoms with Crippen LogP contribution >= 0.6 is 22.9 Å². The van der Waals surface area contributed by atoms with Crippen molar-refractivity contribution < 1.29 is 27.5 Å². The zero-order valence-electron chi connectivity index (χ0n) is 16.6. The molecule has 1 heterocycles. The number of alkyl halides is 3. The van der Waals surface area contributed by atoms with Gasteiger partial charge in [0.2, 0.25) is 11.8 Å². The van der Waals surface area contributed by atoms with Crippen molar-refractivity contribution in [2.45, 2.75) is 26.1 Å².